The van der Waals surface area contributed by atoms with E-state index in [1.165, 1.54) is 0 Å². The van der Waals surface area contributed by atoms with Gasteiger partial charge in [0.15, 0.2) is 0 Å². The summed E-state index contributed by atoms with van der Waals surface area (Å²) in [5, 5.41) is 8.31. The Balaban J connectivity index is 1.38. The first-order valence-corrected chi connectivity index (χ1v) is 10.3. The Labute approximate surface area is 180 Å². The van der Waals surface area contributed by atoms with Crippen LogP contribution in [0.15, 0.2) is 78.9 Å². The molecule has 30 heavy (non-hydrogen) atoms. The molecule has 0 bridgehead atoms. The quantitative estimate of drug-likeness (QED) is 0.475. The van der Waals surface area contributed by atoms with Crippen molar-refractivity contribution in [3.05, 3.63) is 101 Å². The first-order valence-electron chi connectivity index (χ1n) is 9.96. The summed E-state index contributed by atoms with van der Waals surface area (Å²) < 4.78 is 0. The van der Waals surface area contributed by atoms with Crippen LogP contribution in [0.5, 0.6) is 0 Å². The molecular formula is C25H20ClN3O. The molecule has 1 aromatic heterocycles. The monoisotopic (exact) mass is 413 g/mol. The Bertz CT molecular complexity index is 1200. The minimum atomic E-state index is 0.0403. The standard InChI is InChI=1S/C25H20ClN3O/c26-21-8-4-7-20(15-21)24-22-16-29(14-13-23(22)27-28-24)25(30)19-11-9-18(10-12-19)17-5-2-1-3-6-17/h1-12,15H,13-14,16H2,(H,27,28). The molecule has 148 valence electrons. The molecule has 2 heterocycles. The summed E-state index contributed by atoms with van der Waals surface area (Å²) >= 11 is 6.16. The van der Waals surface area contributed by atoms with Crippen LogP contribution in [-0.4, -0.2) is 27.5 Å². The van der Waals surface area contributed by atoms with Gasteiger partial charge in [-0.2, -0.15) is 5.10 Å². The number of nitrogens with one attached hydrogen (secondary N) is 1. The van der Waals surface area contributed by atoms with Crippen LogP contribution in [0.2, 0.25) is 5.02 Å². The number of aromatic nitrogens is 2. The zero-order chi connectivity index (χ0) is 20.5. The maximum absolute atomic E-state index is 13.2. The zero-order valence-electron chi connectivity index (χ0n) is 16.3. The van der Waals surface area contributed by atoms with E-state index in [-0.39, 0.29) is 5.91 Å². The van der Waals surface area contributed by atoms with Crippen LogP contribution in [0.25, 0.3) is 22.4 Å². The number of fused-ring (bicyclic) bond motifs is 1. The number of amides is 1. The van der Waals surface area contributed by atoms with Gasteiger partial charge in [-0.25, -0.2) is 0 Å². The molecule has 1 aliphatic rings. The molecule has 0 saturated carbocycles. The van der Waals surface area contributed by atoms with E-state index in [1.54, 1.807) is 0 Å². The fourth-order valence-electron chi connectivity index (χ4n) is 3.96. The largest absolute Gasteiger partial charge is 0.334 e. The number of benzene rings is 3. The molecule has 0 radical (unpaired) electrons. The molecule has 0 unspecified atom stereocenters. The normalized spacial score (nSPS) is 13.2. The lowest BCUT2D eigenvalue weighted by Gasteiger charge is -2.27. The van der Waals surface area contributed by atoms with Crippen molar-refractivity contribution in [2.45, 2.75) is 13.0 Å². The molecule has 0 aliphatic carbocycles. The van der Waals surface area contributed by atoms with E-state index >= 15 is 0 Å². The summed E-state index contributed by atoms with van der Waals surface area (Å²) in [6.07, 6.45) is 0.761. The average molecular weight is 414 g/mol. The number of halogens is 1. The van der Waals surface area contributed by atoms with Gasteiger partial charge in [-0.3, -0.25) is 9.89 Å². The minimum Gasteiger partial charge on any atom is -0.334 e. The highest BCUT2D eigenvalue weighted by molar-refractivity contribution is 6.30. The van der Waals surface area contributed by atoms with Gasteiger partial charge in [-0.05, 0) is 35.4 Å². The predicted octanol–water partition coefficient (Wildman–Crippen LogP) is 5.60. The number of aromatic amines is 1. The number of carbonyl (C=O) groups excluding carboxylic acids is 1. The van der Waals surface area contributed by atoms with Crippen molar-refractivity contribution >= 4 is 17.5 Å². The summed E-state index contributed by atoms with van der Waals surface area (Å²) in [7, 11) is 0. The lowest BCUT2D eigenvalue weighted by Crippen LogP contribution is -2.35. The van der Waals surface area contributed by atoms with E-state index in [0.29, 0.717) is 23.7 Å². The van der Waals surface area contributed by atoms with Crippen LogP contribution in [0.4, 0.5) is 0 Å². The Morgan fingerprint density at radius 1 is 0.900 bits per heavy atom. The van der Waals surface area contributed by atoms with E-state index < -0.39 is 0 Å². The third-order valence-electron chi connectivity index (χ3n) is 5.56. The third-order valence-corrected chi connectivity index (χ3v) is 5.79. The van der Waals surface area contributed by atoms with Gasteiger partial charge in [0.05, 0.1) is 5.69 Å². The summed E-state index contributed by atoms with van der Waals surface area (Å²) in [4.78, 5) is 15.0. The van der Waals surface area contributed by atoms with E-state index in [9.17, 15) is 4.79 Å². The molecule has 1 N–H and O–H groups in total. The van der Waals surface area contributed by atoms with Crippen LogP contribution in [-0.2, 0) is 13.0 Å². The van der Waals surface area contributed by atoms with Crippen molar-refractivity contribution in [1.82, 2.24) is 15.1 Å². The summed E-state index contributed by atoms with van der Waals surface area (Å²) in [6.45, 7) is 1.20. The van der Waals surface area contributed by atoms with E-state index in [4.69, 9.17) is 11.6 Å². The maximum atomic E-state index is 13.2. The molecule has 1 aliphatic heterocycles. The Hall–Kier alpha value is -3.37. The number of rotatable bonds is 3. The van der Waals surface area contributed by atoms with E-state index in [1.807, 2.05) is 71.6 Å². The van der Waals surface area contributed by atoms with Crippen molar-refractivity contribution in [2.75, 3.05) is 6.54 Å². The fourth-order valence-corrected chi connectivity index (χ4v) is 4.15. The molecule has 5 rings (SSSR count). The van der Waals surface area contributed by atoms with Crippen LogP contribution >= 0.6 is 11.6 Å². The molecule has 5 heteroatoms. The lowest BCUT2D eigenvalue weighted by molar-refractivity contribution is 0.0734. The molecule has 1 amide bonds. The SMILES string of the molecule is O=C(c1ccc(-c2ccccc2)cc1)N1CCc2[nH]nc(-c3cccc(Cl)c3)c2C1. The molecule has 4 aromatic rings. The van der Waals surface area contributed by atoms with Gasteiger partial charge in [0.25, 0.3) is 5.91 Å². The van der Waals surface area contributed by atoms with Crippen molar-refractivity contribution in [2.24, 2.45) is 0 Å². The molecule has 0 spiro atoms. The molecule has 0 fully saturated rings. The molecule has 3 aromatic carbocycles. The second-order valence-electron chi connectivity index (χ2n) is 7.46. The number of hydrogen-bond acceptors (Lipinski definition) is 2. The lowest BCUT2D eigenvalue weighted by atomic mass is 9.99. The fraction of sp³-hybridized carbons (Fsp3) is 0.120. The van der Waals surface area contributed by atoms with Crippen LogP contribution in [0, 0.1) is 0 Å². The van der Waals surface area contributed by atoms with Crippen LogP contribution < -0.4 is 0 Å². The predicted molar refractivity (Wildman–Crippen MR) is 119 cm³/mol. The smallest absolute Gasteiger partial charge is 0.254 e. The Kier molecular flexibility index (Phi) is 4.85. The minimum absolute atomic E-state index is 0.0403. The number of nitrogens with zero attached hydrogens (tertiary/aromatic N) is 2. The van der Waals surface area contributed by atoms with Gasteiger partial charge < -0.3 is 4.90 Å². The van der Waals surface area contributed by atoms with Crippen LogP contribution in [0.3, 0.4) is 0 Å². The maximum Gasteiger partial charge on any atom is 0.254 e. The van der Waals surface area contributed by atoms with Crippen molar-refractivity contribution in [1.29, 1.82) is 0 Å². The molecule has 0 atom stereocenters. The topological polar surface area (TPSA) is 49.0 Å². The van der Waals surface area contributed by atoms with Crippen LogP contribution in [0.1, 0.15) is 21.6 Å². The van der Waals surface area contributed by atoms with Gasteiger partial charge in [0.1, 0.15) is 0 Å². The van der Waals surface area contributed by atoms with Crippen molar-refractivity contribution < 1.29 is 4.79 Å². The van der Waals surface area contributed by atoms with Gasteiger partial charge in [0, 0.05) is 46.9 Å². The van der Waals surface area contributed by atoms with Crippen molar-refractivity contribution in [3.63, 3.8) is 0 Å². The highest BCUT2D eigenvalue weighted by Crippen LogP contribution is 2.30. The summed E-state index contributed by atoms with van der Waals surface area (Å²) in [5.41, 5.74) is 6.93. The second-order valence-corrected chi connectivity index (χ2v) is 7.90. The zero-order valence-corrected chi connectivity index (χ0v) is 17.1. The first kappa shape index (κ1) is 18.6. The van der Waals surface area contributed by atoms with Gasteiger partial charge in [-0.1, -0.05) is 66.2 Å². The average Bonchev–Trinajstić information content (AvgIpc) is 3.23. The van der Waals surface area contributed by atoms with Gasteiger partial charge >= 0.3 is 0 Å². The third kappa shape index (κ3) is 3.51. The number of carbonyl (C=O) groups is 1. The highest BCUT2D eigenvalue weighted by atomic mass is 35.5. The van der Waals surface area contributed by atoms with Gasteiger partial charge in [-0.15, -0.1) is 0 Å². The van der Waals surface area contributed by atoms with E-state index in [2.05, 4.69) is 22.3 Å². The number of hydrogen-bond donors (Lipinski definition) is 1. The second kappa shape index (κ2) is 7.81. The summed E-state index contributed by atoms with van der Waals surface area (Å²) in [5.74, 6) is 0.0403. The highest BCUT2D eigenvalue weighted by Gasteiger charge is 2.26. The molecule has 0 saturated heterocycles. The summed E-state index contributed by atoms with van der Waals surface area (Å²) in [6, 6.07) is 25.7. The van der Waals surface area contributed by atoms with Gasteiger partial charge in [0.2, 0.25) is 0 Å². The Morgan fingerprint density at radius 3 is 2.40 bits per heavy atom. The van der Waals surface area contributed by atoms with E-state index in [0.717, 1.165) is 40.1 Å². The molecule has 4 nitrogen and oxygen atoms in total. The number of H-pyrrole nitrogens is 1. The molecular weight excluding hydrogens is 394 g/mol. The van der Waals surface area contributed by atoms with Crippen molar-refractivity contribution in [3.8, 4) is 22.4 Å². The Morgan fingerprint density at radius 2 is 1.63 bits per heavy atom. The first-order chi connectivity index (χ1) is 14.7.